The fourth-order valence-electron chi connectivity index (χ4n) is 3.73. The average Bonchev–Trinajstić information content (AvgIpc) is 3.03. The summed E-state index contributed by atoms with van der Waals surface area (Å²) in [5.41, 5.74) is 0.403. The maximum atomic E-state index is 13.4. The molecule has 9 nitrogen and oxygen atoms in total. The number of nitro groups is 1. The van der Waals surface area contributed by atoms with Crippen LogP contribution in [0, 0.1) is 10.1 Å². The standard InChI is InChI=1S/C23H25N3O6/c1-24(2)12-5-13-25-20(16-6-4-7-17(14-16)26(30)31)19(22(28)23(25)29)21(27)15-8-10-18(32-3)11-9-15/h4,6-11,14,20,28H,5,12-13H2,1-3H3. The van der Waals surface area contributed by atoms with Gasteiger partial charge in [0, 0.05) is 24.2 Å². The van der Waals surface area contributed by atoms with Crippen LogP contribution < -0.4 is 4.74 Å². The van der Waals surface area contributed by atoms with E-state index in [0.717, 1.165) is 0 Å². The van der Waals surface area contributed by atoms with E-state index < -0.39 is 28.4 Å². The lowest BCUT2D eigenvalue weighted by Crippen LogP contribution is -2.33. The van der Waals surface area contributed by atoms with Crippen LogP contribution in [0.4, 0.5) is 5.69 Å². The van der Waals surface area contributed by atoms with Gasteiger partial charge in [-0.05, 0) is 56.9 Å². The van der Waals surface area contributed by atoms with Gasteiger partial charge in [0.05, 0.1) is 23.6 Å². The average molecular weight is 439 g/mol. The van der Waals surface area contributed by atoms with Crippen molar-refractivity contribution in [3.05, 3.63) is 81.1 Å². The van der Waals surface area contributed by atoms with E-state index in [4.69, 9.17) is 4.74 Å². The molecular weight excluding hydrogens is 414 g/mol. The number of benzene rings is 2. The Balaban J connectivity index is 2.05. The highest BCUT2D eigenvalue weighted by molar-refractivity contribution is 6.16. The maximum absolute atomic E-state index is 13.4. The number of rotatable bonds is 9. The second-order valence-electron chi connectivity index (χ2n) is 7.73. The highest BCUT2D eigenvalue weighted by Crippen LogP contribution is 2.40. The van der Waals surface area contributed by atoms with Crippen molar-refractivity contribution < 1.29 is 24.4 Å². The molecule has 2 aromatic carbocycles. The zero-order valence-electron chi connectivity index (χ0n) is 18.1. The number of carbonyl (C=O) groups is 2. The first-order valence-corrected chi connectivity index (χ1v) is 10.1. The Hall–Kier alpha value is -3.72. The molecule has 1 unspecified atom stereocenters. The molecule has 9 heteroatoms. The summed E-state index contributed by atoms with van der Waals surface area (Å²) in [7, 11) is 5.31. The molecule has 2 aromatic rings. The third kappa shape index (κ3) is 4.62. The molecule has 1 N–H and O–H groups in total. The largest absolute Gasteiger partial charge is 0.503 e. The van der Waals surface area contributed by atoms with E-state index in [9.17, 15) is 24.8 Å². The van der Waals surface area contributed by atoms with Crippen LogP contribution in [0.15, 0.2) is 59.9 Å². The number of ketones is 1. The van der Waals surface area contributed by atoms with Gasteiger partial charge >= 0.3 is 0 Å². The molecule has 1 aliphatic heterocycles. The Morgan fingerprint density at radius 1 is 1.22 bits per heavy atom. The van der Waals surface area contributed by atoms with Crippen LogP contribution in [-0.4, -0.2) is 65.8 Å². The number of ether oxygens (including phenoxy) is 1. The molecule has 0 radical (unpaired) electrons. The summed E-state index contributed by atoms with van der Waals surface area (Å²) in [5.74, 6) is -1.27. The van der Waals surface area contributed by atoms with Crippen LogP contribution in [0.2, 0.25) is 0 Å². The number of methoxy groups -OCH3 is 1. The van der Waals surface area contributed by atoms with Crippen LogP contribution in [0.3, 0.4) is 0 Å². The van der Waals surface area contributed by atoms with Gasteiger partial charge in [0.2, 0.25) is 0 Å². The summed E-state index contributed by atoms with van der Waals surface area (Å²) in [4.78, 5) is 40.4. The van der Waals surface area contributed by atoms with Crippen molar-refractivity contribution >= 4 is 17.4 Å². The molecule has 1 amide bonds. The van der Waals surface area contributed by atoms with E-state index in [2.05, 4.69) is 0 Å². The Bertz CT molecular complexity index is 1060. The fourth-order valence-corrected chi connectivity index (χ4v) is 3.73. The Morgan fingerprint density at radius 3 is 2.50 bits per heavy atom. The molecule has 1 aliphatic rings. The van der Waals surface area contributed by atoms with E-state index in [-0.39, 0.29) is 23.4 Å². The predicted molar refractivity (Wildman–Crippen MR) is 118 cm³/mol. The number of aliphatic hydroxyl groups is 1. The molecule has 32 heavy (non-hydrogen) atoms. The van der Waals surface area contributed by atoms with Gasteiger partial charge in [0.25, 0.3) is 11.6 Å². The van der Waals surface area contributed by atoms with Crippen LogP contribution in [0.5, 0.6) is 5.75 Å². The van der Waals surface area contributed by atoms with E-state index in [1.165, 1.54) is 30.2 Å². The van der Waals surface area contributed by atoms with Gasteiger partial charge in [0.1, 0.15) is 5.75 Å². The molecule has 0 fully saturated rings. The third-order valence-corrected chi connectivity index (χ3v) is 5.30. The Kier molecular flexibility index (Phi) is 6.89. The van der Waals surface area contributed by atoms with Crippen molar-refractivity contribution in [2.45, 2.75) is 12.5 Å². The van der Waals surface area contributed by atoms with E-state index in [1.807, 2.05) is 19.0 Å². The SMILES string of the molecule is COc1ccc(C(=O)C2=C(O)C(=O)N(CCCN(C)C)C2c2cccc([N+](=O)[O-])c2)cc1. The number of amides is 1. The minimum atomic E-state index is -0.931. The monoisotopic (exact) mass is 439 g/mol. The summed E-state index contributed by atoms with van der Waals surface area (Å²) in [5, 5.41) is 22.0. The van der Waals surface area contributed by atoms with Crippen LogP contribution in [0.25, 0.3) is 0 Å². The number of aliphatic hydroxyl groups excluding tert-OH is 1. The van der Waals surface area contributed by atoms with Gasteiger partial charge in [0.15, 0.2) is 11.5 Å². The minimum absolute atomic E-state index is 0.0921. The third-order valence-electron chi connectivity index (χ3n) is 5.30. The smallest absolute Gasteiger partial charge is 0.290 e. The van der Waals surface area contributed by atoms with Crippen molar-refractivity contribution in [1.82, 2.24) is 9.80 Å². The van der Waals surface area contributed by atoms with Crippen molar-refractivity contribution in [3.63, 3.8) is 0 Å². The summed E-state index contributed by atoms with van der Waals surface area (Å²) in [6, 6.07) is 11.2. The van der Waals surface area contributed by atoms with E-state index in [1.54, 1.807) is 30.3 Å². The van der Waals surface area contributed by atoms with Gasteiger partial charge in [-0.3, -0.25) is 19.7 Å². The molecule has 0 aromatic heterocycles. The molecule has 1 heterocycles. The van der Waals surface area contributed by atoms with Crippen LogP contribution >= 0.6 is 0 Å². The molecule has 1 atom stereocenters. The minimum Gasteiger partial charge on any atom is -0.503 e. The quantitative estimate of drug-likeness (QED) is 0.363. The number of non-ortho nitro benzene ring substituents is 1. The molecule has 0 bridgehead atoms. The first-order chi connectivity index (χ1) is 15.2. The lowest BCUT2D eigenvalue weighted by Gasteiger charge is -2.27. The lowest BCUT2D eigenvalue weighted by molar-refractivity contribution is -0.384. The number of carbonyl (C=O) groups excluding carboxylic acids is 2. The topological polar surface area (TPSA) is 113 Å². The Morgan fingerprint density at radius 2 is 1.91 bits per heavy atom. The molecule has 168 valence electrons. The number of Topliss-reactive ketones (excluding diaryl/α,β-unsaturated/α-hetero) is 1. The highest BCUT2D eigenvalue weighted by atomic mass is 16.6. The number of nitrogens with zero attached hydrogens (tertiary/aromatic N) is 3. The van der Waals surface area contributed by atoms with Gasteiger partial charge in [-0.15, -0.1) is 0 Å². The number of nitro benzene ring substituents is 1. The highest BCUT2D eigenvalue weighted by Gasteiger charge is 2.43. The first kappa shape index (κ1) is 23.0. The molecule has 0 spiro atoms. The van der Waals surface area contributed by atoms with Crippen molar-refractivity contribution in [2.24, 2.45) is 0 Å². The van der Waals surface area contributed by atoms with Gasteiger partial charge < -0.3 is 19.6 Å². The molecule has 3 rings (SSSR count). The van der Waals surface area contributed by atoms with E-state index in [0.29, 0.717) is 24.3 Å². The number of hydrogen-bond acceptors (Lipinski definition) is 7. The van der Waals surface area contributed by atoms with E-state index >= 15 is 0 Å². The van der Waals surface area contributed by atoms with Crippen LogP contribution in [-0.2, 0) is 4.79 Å². The van der Waals surface area contributed by atoms with Crippen molar-refractivity contribution in [3.8, 4) is 5.75 Å². The normalized spacial score (nSPS) is 16.1. The molecule has 0 saturated heterocycles. The van der Waals surface area contributed by atoms with Crippen molar-refractivity contribution in [2.75, 3.05) is 34.3 Å². The van der Waals surface area contributed by atoms with Gasteiger partial charge in [-0.25, -0.2) is 0 Å². The molecule has 0 saturated carbocycles. The maximum Gasteiger partial charge on any atom is 0.290 e. The summed E-state index contributed by atoms with van der Waals surface area (Å²) >= 11 is 0. The first-order valence-electron chi connectivity index (χ1n) is 10.1. The second-order valence-corrected chi connectivity index (χ2v) is 7.73. The fraction of sp³-hybridized carbons (Fsp3) is 0.304. The predicted octanol–water partition coefficient (Wildman–Crippen LogP) is 3.13. The lowest BCUT2D eigenvalue weighted by atomic mass is 9.92. The zero-order chi connectivity index (χ0) is 23.4. The molecular formula is C23H25N3O6. The number of hydrogen-bond donors (Lipinski definition) is 1. The van der Waals surface area contributed by atoms with Gasteiger partial charge in [-0.2, -0.15) is 0 Å². The summed E-state index contributed by atoms with van der Waals surface area (Å²) in [6.45, 7) is 0.960. The van der Waals surface area contributed by atoms with Crippen LogP contribution in [0.1, 0.15) is 28.4 Å². The van der Waals surface area contributed by atoms with Crippen molar-refractivity contribution in [1.29, 1.82) is 0 Å². The Labute approximate surface area is 185 Å². The molecule has 0 aliphatic carbocycles. The second kappa shape index (κ2) is 9.61. The summed E-state index contributed by atoms with van der Waals surface area (Å²) < 4.78 is 5.12. The zero-order valence-corrected chi connectivity index (χ0v) is 18.1. The summed E-state index contributed by atoms with van der Waals surface area (Å²) in [6.07, 6.45) is 0.599. The van der Waals surface area contributed by atoms with Gasteiger partial charge in [-0.1, -0.05) is 12.1 Å².